The predicted molar refractivity (Wildman–Crippen MR) is 102 cm³/mol. The first kappa shape index (κ1) is 20.6. The molecule has 0 radical (unpaired) electrons. The predicted octanol–water partition coefficient (Wildman–Crippen LogP) is 6.82. The van der Waals surface area contributed by atoms with E-state index in [0.717, 1.165) is 37.0 Å². The van der Waals surface area contributed by atoms with E-state index in [1.807, 2.05) is 0 Å². The van der Waals surface area contributed by atoms with Crippen LogP contribution in [0.5, 0.6) is 5.75 Å². The Morgan fingerprint density at radius 2 is 1.80 bits per heavy atom. The monoisotopic (exact) mass is 441 g/mol. The van der Waals surface area contributed by atoms with Gasteiger partial charge in [0.25, 0.3) is 0 Å². The molecule has 0 unspecified atom stereocenters. The summed E-state index contributed by atoms with van der Waals surface area (Å²) in [7, 11) is 0. The molecule has 1 aliphatic rings. The molecule has 1 aromatic heterocycles. The zero-order valence-corrected chi connectivity index (χ0v) is 16.4. The van der Waals surface area contributed by atoms with Crippen LogP contribution in [0.2, 0.25) is 0 Å². The van der Waals surface area contributed by atoms with Crippen molar-refractivity contribution in [3.8, 4) is 5.75 Å². The molecule has 4 rings (SSSR count). The minimum Gasteiger partial charge on any atom is -0.494 e. The Labute approximate surface area is 172 Å². The van der Waals surface area contributed by atoms with Crippen molar-refractivity contribution in [2.24, 2.45) is 0 Å². The molecule has 3 aromatic rings. The average molecular weight is 441 g/mol. The molecule has 3 nitrogen and oxygen atoms in total. The Morgan fingerprint density at radius 3 is 2.50 bits per heavy atom. The molecule has 0 spiro atoms. The van der Waals surface area contributed by atoms with Gasteiger partial charge < -0.3 is 9.47 Å². The minimum absolute atomic E-state index is 0.316. The fourth-order valence-electron chi connectivity index (χ4n) is 3.08. The maximum Gasteiger partial charge on any atom is 0.454 e. The van der Waals surface area contributed by atoms with Crippen LogP contribution in [-0.2, 0) is 17.5 Å². The van der Waals surface area contributed by atoms with Gasteiger partial charge in [-0.05, 0) is 43.0 Å². The van der Waals surface area contributed by atoms with Crippen LogP contribution in [0.4, 0.5) is 22.0 Å². The van der Waals surface area contributed by atoms with Crippen molar-refractivity contribution in [2.75, 3.05) is 0 Å². The van der Waals surface area contributed by atoms with Crippen LogP contribution in [0.1, 0.15) is 36.3 Å². The fourth-order valence-corrected chi connectivity index (χ4v) is 4.02. The molecule has 30 heavy (non-hydrogen) atoms. The van der Waals surface area contributed by atoms with Crippen molar-refractivity contribution in [2.45, 2.75) is 38.4 Å². The normalized spacial score (nSPS) is 14.6. The SMILES string of the molecule is Fc1cc(OC(F)(F)c2nc3ccc(COC4=CCCCC4)cc3s2)cc(F)c1F. The van der Waals surface area contributed by atoms with Gasteiger partial charge >= 0.3 is 6.11 Å². The lowest BCUT2D eigenvalue weighted by Gasteiger charge is -2.15. The van der Waals surface area contributed by atoms with E-state index in [1.165, 1.54) is 0 Å². The number of hydrogen-bond acceptors (Lipinski definition) is 4. The van der Waals surface area contributed by atoms with E-state index in [2.05, 4.69) is 15.8 Å². The molecule has 0 N–H and O–H groups in total. The van der Waals surface area contributed by atoms with E-state index in [-0.39, 0.29) is 0 Å². The van der Waals surface area contributed by atoms with Gasteiger partial charge in [0, 0.05) is 18.6 Å². The molecule has 0 bridgehead atoms. The minimum atomic E-state index is -3.95. The highest BCUT2D eigenvalue weighted by Crippen LogP contribution is 2.37. The van der Waals surface area contributed by atoms with Crippen molar-refractivity contribution >= 4 is 21.6 Å². The number of fused-ring (bicyclic) bond motifs is 1. The Bertz CT molecular complexity index is 1090. The van der Waals surface area contributed by atoms with Gasteiger partial charge in [0.1, 0.15) is 12.4 Å². The second-order valence-electron chi connectivity index (χ2n) is 6.85. The highest BCUT2D eigenvalue weighted by molar-refractivity contribution is 7.18. The second-order valence-corrected chi connectivity index (χ2v) is 7.88. The van der Waals surface area contributed by atoms with Crippen LogP contribution < -0.4 is 4.74 Å². The molecule has 158 valence electrons. The fraction of sp³-hybridized carbons (Fsp3) is 0.286. The first-order chi connectivity index (χ1) is 14.3. The number of rotatable bonds is 6. The number of halogens is 5. The van der Waals surface area contributed by atoms with Crippen molar-refractivity contribution < 1.29 is 31.4 Å². The summed E-state index contributed by atoms with van der Waals surface area (Å²) in [5.74, 6) is -4.91. The summed E-state index contributed by atoms with van der Waals surface area (Å²) >= 11 is 0.693. The van der Waals surface area contributed by atoms with Gasteiger partial charge in [-0.1, -0.05) is 6.07 Å². The third kappa shape index (κ3) is 4.40. The van der Waals surface area contributed by atoms with Crippen LogP contribution >= 0.6 is 11.3 Å². The zero-order chi connectivity index (χ0) is 21.3. The first-order valence-electron chi connectivity index (χ1n) is 9.25. The Hall–Kier alpha value is -2.68. The number of hydrogen-bond donors (Lipinski definition) is 0. The van der Waals surface area contributed by atoms with Crippen molar-refractivity contribution in [3.63, 3.8) is 0 Å². The Balaban J connectivity index is 1.52. The molecule has 1 heterocycles. The van der Waals surface area contributed by atoms with E-state index in [1.54, 1.807) is 18.2 Å². The summed E-state index contributed by atoms with van der Waals surface area (Å²) in [4.78, 5) is 3.86. The standard InChI is InChI=1S/C21H16F5NO2S/c22-15-9-14(10-16(23)19(15)24)29-21(25,26)20-27-17-7-6-12(8-18(17)30-20)11-28-13-4-2-1-3-5-13/h4,6-10H,1-3,5,11H2. The number of alkyl halides is 2. The molecule has 0 fully saturated rings. The largest absolute Gasteiger partial charge is 0.494 e. The van der Waals surface area contributed by atoms with Crippen LogP contribution in [-0.4, -0.2) is 4.98 Å². The van der Waals surface area contributed by atoms with Crippen LogP contribution in [0.15, 0.2) is 42.2 Å². The van der Waals surface area contributed by atoms with Gasteiger partial charge in [-0.25, -0.2) is 18.2 Å². The lowest BCUT2D eigenvalue weighted by atomic mass is 10.1. The summed E-state index contributed by atoms with van der Waals surface area (Å²) in [6, 6.07) is 5.74. The molecule has 0 saturated heterocycles. The number of allylic oxidation sites excluding steroid dienone is 2. The Morgan fingerprint density at radius 1 is 1.03 bits per heavy atom. The van der Waals surface area contributed by atoms with Crippen LogP contribution in [0.25, 0.3) is 10.2 Å². The number of aromatic nitrogens is 1. The molecule has 2 aromatic carbocycles. The van der Waals surface area contributed by atoms with Crippen LogP contribution in [0, 0.1) is 17.5 Å². The number of thiazole rings is 1. The summed E-state index contributed by atoms with van der Waals surface area (Å²) in [6.45, 7) is 0.316. The third-order valence-electron chi connectivity index (χ3n) is 4.58. The van der Waals surface area contributed by atoms with E-state index in [4.69, 9.17) is 4.74 Å². The summed E-state index contributed by atoms with van der Waals surface area (Å²) < 4.78 is 79.2. The highest BCUT2D eigenvalue weighted by atomic mass is 32.1. The molecule has 9 heteroatoms. The van der Waals surface area contributed by atoms with E-state index < -0.39 is 34.3 Å². The number of nitrogens with zero attached hydrogens (tertiary/aromatic N) is 1. The molecule has 1 aliphatic carbocycles. The molecule has 0 aliphatic heterocycles. The molecule has 0 saturated carbocycles. The lowest BCUT2D eigenvalue weighted by molar-refractivity contribution is -0.185. The third-order valence-corrected chi connectivity index (χ3v) is 5.65. The molecule has 0 amide bonds. The second kappa shape index (κ2) is 8.22. The summed E-state index contributed by atoms with van der Waals surface area (Å²) in [5, 5.41) is -0.685. The van der Waals surface area contributed by atoms with Gasteiger partial charge in [0.05, 0.1) is 16.0 Å². The van der Waals surface area contributed by atoms with Gasteiger partial charge in [0.2, 0.25) is 5.01 Å². The van der Waals surface area contributed by atoms with E-state index in [9.17, 15) is 22.0 Å². The summed E-state index contributed by atoms with van der Waals surface area (Å²) in [5.41, 5.74) is 1.13. The maximum absolute atomic E-state index is 14.5. The van der Waals surface area contributed by atoms with Gasteiger partial charge in [-0.15, -0.1) is 11.3 Å². The van der Waals surface area contributed by atoms with Crippen molar-refractivity contribution in [1.82, 2.24) is 4.98 Å². The van der Waals surface area contributed by atoms with Crippen molar-refractivity contribution in [1.29, 1.82) is 0 Å². The average Bonchev–Trinajstić information content (AvgIpc) is 3.15. The number of ether oxygens (including phenoxy) is 2. The smallest absolute Gasteiger partial charge is 0.454 e. The quantitative estimate of drug-likeness (QED) is 0.311. The number of benzene rings is 2. The maximum atomic E-state index is 14.5. The Kier molecular flexibility index (Phi) is 5.64. The van der Waals surface area contributed by atoms with Crippen molar-refractivity contribution in [3.05, 3.63) is 70.2 Å². The molecular formula is C21H16F5NO2S. The zero-order valence-electron chi connectivity index (χ0n) is 15.6. The van der Waals surface area contributed by atoms with E-state index in [0.29, 0.717) is 40.3 Å². The van der Waals surface area contributed by atoms with Gasteiger partial charge in [-0.3, -0.25) is 0 Å². The summed E-state index contributed by atoms with van der Waals surface area (Å²) in [6.07, 6.45) is 2.22. The lowest BCUT2D eigenvalue weighted by Crippen LogP contribution is -2.21. The van der Waals surface area contributed by atoms with Gasteiger partial charge in [-0.2, -0.15) is 8.78 Å². The highest BCUT2D eigenvalue weighted by Gasteiger charge is 2.39. The van der Waals surface area contributed by atoms with Crippen LogP contribution in [0.3, 0.4) is 0 Å². The topological polar surface area (TPSA) is 31.4 Å². The van der Waals surface area contributed by atoms with E-state index >= 15 is 0 Å². The molecule has 0 atom stereocenters. The van der Waals surface area contributed by atoms with Gasteiger partial charge in [0.15, 0.2) is 17.5 Å². The first-order valence-corrected chi connectivity index (χ1v) is 10.1. The molecular weight excluding hydrogens is 425 g/mol.